The molecule has 0 bridgehead atoms. The zero-order valence-corrected chi connectivity index (χ0v) is 10.0. The smallest absolute Gasteiger partial charge is 0.237 e. The molecule has 1 fully saturated rings. The molecule has 90 valence electrons. The Bertz CT molecular complexity index is 391. The summed E-state index contributed by atoms with van der Waals surface area (Å²) >= 11 is 0. The van der Waals surface area contributed by atoms with E-state index in [0.717, 1.165) is 6.26 Å². The van der Waals surface area contributed by atoms with Crippen LogP contribution in [0.4, 0.5) is 0 Å². The Kier molecular flexibility index (Phi) is 4.26. The largest absolute Gasteiger partial charge is 0.339 e. The minimum atomic E-state index is -3.25. The van der Waals surface area contributed by atoms with Crippen molar-refractivity contribution in [3.63, 3.8) is 0 Å². The fourth-order valence-corrected chi connectivity index (χ4v) is 2.20. The summed E-state index contributed by atoms with van der Waals surface area (Å²) in [6, 6.07) is 2.05. The monoisotopic (exact) mass is 245 g/mol. The molecule has 0 atom stereocenters. The summed E-state index contributed by atoms with van der Waals surface area (Å²) in [7, 11) is -3.25. The molecule has 0 aromatic heterocycles. The van der Waals surface area contributed by atoms with Crippen molar-refractivity contribution in [3.8, 4) is 6.07 Å². The highest BCUT2D eigenvalue weighted by Crippen LogP contribution is 2.02. The van der Waals surface area contributed by atoms with Crippen LogP contribution in [0.25, 0.3) is 0 Å². The summed E-state index contributed by atoms with van der Waals surface area (Å²) in [6.07, 6.45) is 1.05. The Morgan fingerprint density at radius 1 is 1.31 bits per heavy atom. The number of carbonyl (C=O) groups excluding carboxylic acids is 1. The second-order valence-electron chi connectivity index (χ2n) is 3.89. The Balaban J connectivity index is 2.42. The molecule has 16 heavy (non-hydrogen) atoms. The Morgan fingerprint density at radius 3 is 2.31 bits per heavy atom. The maximum absolute atomic E-state index is 11.5. The van der Waals surface area contributed by atoms with Crippen LogP contribution in [-0.4, -0.2) is 68.9 Å². The van der Waals surface area contributed by atoms with Crippen LogP contribution in [0.1, 0.15) is 0 Å². The van der Waals surface area contributed by atoms with Gasteiger partial charge in [-0.1, -0.05) is 0 Å². The van der Waals surface area contributed by atoms with Gasteiger partial charge in [0.2, 0.25) is 5.91 Å². The summed E-state index contributed by atoms with van der Waals surface area (Å²) in [5.74, 6) is -0.773. The van der Waals surface area contributed by atoms with E-state index in [-0.39, 0.29) is 5.91 Å². The predicted octanol–water partition coefficient (Wildman–Crippen LogP) is -1.30. The molecule has 0 saturated carbocycles. The lowest BCUT2D eigenvalue weighted by atomic mass is 10.3. The fraction of sp³-hybridized carbons (Fsp3) is 0.778. The highest BCUT2D eigenvalue weighted by molar-refractivity contribution is 7.91. The quantitative estimate of drug-likeness (QED) is 0.577. The van der Waals surface area contributed by atoms with E-state index in [2.05, 4.69) is 0 Å². The van der Waals surface area contributed by atoms with Gasteiger partial charge < -0.3 is 4.90 Å². The Labute approximate surface area is 95.4 Å². The van der Waals surface area contributed by atoms with E-state index in [4.69, 9.17) is 5.26 Å². The number of amides is 1. The number of piperazine rings is 1. The van der Waals surface area contributed by atoms with Gasteiger partial charge in [0, 0.05) is 32.4 Å². The molecule has 7 heteroatoms. The van der Waals surface area contributed by atoms with Gasteiger partial charge in [0.1, 0.15) is 5.75 Å². The van der Waals surface area contributed by atoms with Gasteiger partial charge in [-0.25, -0.2) is 8.42 Å². The third kappa shape index (κ3) is 4.16. The molecule has 0 aromatic carbocycles. The highest BCUT2D eigenvalue weighted by Gasteiger charge is 2.23. The molecule has 0 spiro atoms. The molecule has 1 aliphatic heterocycles. The lowest BCUT2D eigenvalue weighted by Gasteiger charge is -2.33. The maximum Gasteiger partial charge on any atom is 0.237 e. The summed E-state index contributed by atoms with van der Waals surface area (Å²) in [5.41, 5.74) is 0. The SMILES string of the molecule is CS(=O)(=O)CC(=O)N1CCN(CC#N)CC1. The van der Waals surface area contributed by atoms with E-state index in [1.54, 1.807) is 0 Å². The second-order valence-corrected chi connectivity index (χ2v) is 6.03. The minimum absolute atomic E-state index is 0.348. The van der Waals surface area contributed by atoms with Crippen molar-refractivity contribution in [2.75, 3.05) is 44.7 Å². The lowest BCUT2D eigenvalue weighted by Crippen LogP contribution is -2.50. The van der Waals surface area contributed by atoms with Gasteiger partial charge >= 0.3 is 0 Å². The molecular weight excluding hydrogens is 230 g/mol. The number of nitrogens with zero attached hydrogens (tertiary/aromatic N) is 3. The van der Waals surface area contributed by atoms with Crippen molar-refractivity contribution >= 4 is 15.7 Å². The van der Waals surface area contributed by atoms with Crippen LogP contribution in [-0.2, 0) is 14.6 Å². The Hall–Kier alpha value is -1.13. The van der Waals surface area contributed by atoms with Crippen molar-refractivity contribution in [2.45, 2.75) is 0 Å². The van der Waals surface area contributed by atoms with E-state index in [9.17, 15) is 13.2 Å². The van der Waals surface area contributed by atoms with Crippen molar-refractivity contribution in [1.29, 1.82) is 5.26 Å². The topological polar surface area (TPSA) is 81.5 Å². The summed E-state index contributed by atoms with van der Waals surface area (Å²) in [6.45, 7) is 2.60. The predicted molar refractivity (Wildman–Crippen MR) is 58.3 cm³/mol. The van der Waals surface area contributed by atoms with Crippen LogP contribution < -0.4 is 0 Å². The molecule has 0 N–H and O–H groups in total. The zero-order chi connectivity index (χ0) is 12.2. The molecule has 0 radical (unpaired) electrons. The van der Waals surface area contributed by atoms with Crippen LogP contribution in [0.2, 0.25) is 0 Å². The molecule has 1 rings (SSSR count). The first-order chi connectivity index (χ1) is 7.42. The maximum atomic E-state index is 11.5. The number of sulfone groups is 1. The van der Waals surface area contributed by atoms with Crippen LogP contribution in [0.15, 0.2) is 0 Å². The standard InChI is InChI=1S/C9H15N3O3S/c1-16(14,15)8-9(13)12-6-4-11(3-2-10)5-7-12/h3-8H2,1H3. The van der Waals surface area contributed by atoms with Gasteiger partial charge in [-0.05, 0) is 0 Å². The molecule has 1 aliphatic rings. The van der Waals surface area contributed by atoms with Crippen molar-refractivity contribution in [2.24, 2.45) is 0 Å². The normalized spacial score (nSPS) is 18.1. The number of nitriles is 1. The highest BCUT2D eigenvalue weighted by atomic mass is 32.2. The first-order valence-corrected chi connectivity index (χ1v) is 7.03. The zero-order valence-electron chi connectivity index (χ0n) is 9.22. The molecule has 1 heterocycles. The van der Waals surface area contributed by atoms with Gasteiger partial charge in [-0.2, -0.15) is 5.26 Å². The van der Waals surface area contributed by atoms with Gasteiger partial charge in [-0.15, -0.1) is 0 Å². The van der Waals surface area contributed by atoms with E-state index >= 15 is 0 Å². The van der Waals surface area contributed by atoms with Gasteiger partial charge in [0.05, 0.1) is 12.6 Å². The molecule has 1 amide bonds. The average Bonchev–Trinajstić information content (AvgIpc) is 2.16. The molecule has 0 aliphatic carbocycles. The van der Waals surface area contributed by atoms with Crippen LogP contribution >= 0.6 is 0 Å². The van der Waals surface area contributed by atoms with Crippen LogP contribution in [0.5, 0.6) is 0 Å². The third-order valence-corrected chi connectivity index (χ3v) is 3.18. The molecule has 1 saturated heterocycles. The molecule has 0 unspecified atom stereocenters. The minimum Gasteiger partial charge on any atom is -0.339 e. The molecule has 6 nitrogen and oxygen atoms in total. The molecular formula is C9H15N3O3S. The van der Waals surface area contributed by atoms with Crippen LogP contribution in [0, 0.1) is 11.3 Å². The van der Waals surface area contributed by atoms with Crippen molar-refractivity contribution in [1.82, 2.24) is 9.80 Å². The summed E-state index contributed by atoms with van der Waals surface area (Å²) in [5, 5.41) is 8.49. The fourth-order valence-electron chi connectivity index (χ4n) is 1.57. The summed E-state index contributed by atoms with van der Waals surface area (Å²) in [4.78, 5) is 15.0. The Morgan fingerprint density at radius 2 is 1.88 bits per heavy atom. The van der Waals surface area contributed by atoms with Crippen LogP contribution in [0.3, 0.4) is 0 Å². The third-order valence-electron chi connectivity index (χ3n) is 2.40. The average molecular weight is 245 g/mol. The van der Waals surface area contributed by atoms with Crippen molar-refractivity contribution in [3.05, 3.63) is 0 Å². The van der Waals surface area contributed by atoms with E-state index < -0.39 is 15.6 Å². The van der Waals surface area contributed by atoms with Gasteiger partial charge in [0.25, 0.3) is 0 Å². The van der Waals surface area contributed by atoms with Gasteiger partial charge in [-0.3, -0.25) is 9.69 Å². The number of rotatable bonds is 3. The lowest BCUT2D eigenvalue weighted by molar-refractivity contribution is -0.130. The molecule has 0 aromatic rings. The van der Waals surface area contributed by atoms with Gasteiger partial charge in [0.15, 0.2) is 9.84 Å². The van der Waals surface area contributed by atoms with E-state index in [0.29, 0.717) is 32.7 Å². The summed E-state index contributed by atoms with van der Waals surface area (Å²) < 4.78 is 21.9. The number of hydrogen-bond donors (Lipinski definition) is 0. The number of carbonyl (C=O) groups is 1. The first kappa shape index (κ1) is 12.9. The first-order valence-electron chi connectivity index (χ1n) is 4.97. The van der Waals surface area contributed by atoms with E-state index in [1.165, 1.54) is 4.90 Å². The van der Waals surface area contributed by atoms with E-state index in [1.807, 2.05) is 11.0 Å². The number of hydrogen-bond acceptors (Lipinski definition) is 5. The van der Waals surface area contributed by atoms with Crippen molar-refractivity contribution < 1.29 is 13.2 Å². The second kappa shape index (κ2) is 5.27.